The standard InChI is InChI=1S/C25H28ClN7O2/c1-33(2)10-9-28-25(35)14-5-3-13(4-6-14)23-31-21-20(17(26)12-29-24(21)32-23)30-19-16-8-7-15(11-16)18(19)22(27)34/h3-8,12,15-16,18-19H,9-11H2,1-2H3,(H2,27,34)(H,28,35)(H2,29,30,31,32)/t15-,16+,18+,19?/m1/s1. The molecular formula is C25H28ClN7O2. The van der Waals surface area contributed by atoms with Crippen LogP contribution in [0.4, 0.5) is 5.69 Å². The molecule has 2 bridgehead atoms. The second-order valence-electron chi connectivity index (χ2n) is 9.45. The van der Waals surface area contributed by atoms with Crippen molar-refractivity contribution in [3.8, 4) is 11.4 Å². The number of halogens is 1. The molecule has 2 aliphatic carbocycles. The SMILES string of the molecule is CN(C)CCNC(=O)c1ccc(-c2nc3ncc(Cl)c(NC4[C@@H](C(N)=O)[C@@H]5C=C[C@H]4C5)c3[nH]2)cc1. The van der Waals surface area contributed by atoms with E-state index in [0.717, 1.165) is 18.5 Å². The number of carbonyl (C=O) groups excluding carboxylic acids is 2. The van der Waals surface area contributed by atoms with E-state index in [2.05, 4.69) is 37.7 Å². The summed E-state index contributed by atoms with van der Waals surface area (Å²) in [5.74, 6) is 0.265. The molecule has 0 spiro atoms. The van der Waals surface area contributed by atoms with Gasteiger partial charge in [0.2, 0.25) is 5.91 Å². The van der Waals surface area contributed by atoms with Crippen LogP contribution < -0.4 is 16.4 Å². The molecule has 1 fully saturated rings. The van der Waals surface area contributed by atoms with Gasteiger partial charge in [0.15, 0.2) is 5.65 Å². The molecule has 2 heterocycles. The average Bonchev–Trinajstić information content (AvgIpc) is 3.55. The van der Waals surface area contributed by atoms with E-state index in [-0.39, 0.29) is 35.6 Å². The third-order valence-electron chi connectivity index (χ3n) is 6.84. The first kappa shape index (κ1) is 23.3. The van der Waals surface area contributed by atoms with Gasteiger partial charge in [-0.2, -0.15) is 0 Å². The molecular weight excluding hydrogens is 466 g/mol. The zero-order chi connectivity index (χ0) is 24.7. The Hall–Kier alpha value is -3.43. The fourth-order valence-electron chi connectivity index (χ4n) is 5.06. The molecule has 35 heavy (non-hydrogen) atoms. The van der Waals surface area contributed by atoms with Crippen LogP contribution in [0.5, 0.6) is 0 Å². The highest BCUT2D eigenvalue weighted by molar-refractivity contribution is 6.34. The van der Waals surface area contributed by atoms with Crippen LogP contribution in [-0.4, -0.2) is 64.9 Å². The lowest BCUT2D eigenvalue weighted by atomic mass is 9.88. The van der Waals surface area contributed by atoms with Gasteiger partial charge < -0.3 is 26.3 Å². The first-order valence-corrected chi connectivity index (χ1v) is 12.0. The fourth-order valence-corrected chi connectivity index (χ4v) is 5.26. The topological polar surface area (TPSA) is 129 Å². The second kappa shape index (κ2) is 9.31. The lowest BCUT2D eigenvalue weighted by Crippen LogP contribution is -2.41. The van der Waals surface area contributed by atoms with Crippen molar-refractivity contribution < 1.29 is 9.59 Å². The summed E-state index contributed by atoms with van der Waals surface area (Å²) in [6.45, 7) is 1.35. The number of fused-ring (bicyclic) bond motifs is 3. The Bertz CT molecular complexity index is 1300. The maximum absolute atomic E-state index is 12.4. The normalized spacial score (nSPS) is 22.7. The van der Waals surface area contributed by atoms with Crippen LogP contribution in [0.25, 0.3) is 22.6 Å². The van der Waals surface area contributed by atoms with Gasteiger partial charge in [0.1, 0.15) is 11.3 Å². The van der Waals surface area contributed by atoms with E-state index in [1.54, 1.807) is 18.3 Å². The van der Waals surface area contributed by atoms with E-state index in [4.69, 9.17) is 17.3 Å². The van der Waals surface area contributed by atoms with Crippen LogP contribution in [0.1, 0.15) is 16.8 Å². The van der Waals surface area contributed by atoms with Crippen molar-refractivity contribution in [2.45, 2.75) is 12.5 Å². The molecule has 1 unspecified atom stereocenters. The maximum Gasteiger partial charge on any atom is 0.251 e. The van der Waals surface area contributed by atoms with Gasteiger partial charge in [-0.15, -0.1) is 0 Å². The number of hydrogen-bond acceptors (Lipinski definition) is 6. The summed E-state index contributed by atoms with van der Waals surface area (Å²) in [5, 5.41) is 6.82. The number of anilines is 1. The summed E-state index contributed by atoms with van der Waals surface area (Å²) in [6.07, 6.45) is 6.69. The minimum absolute atomic E-state index is 0.119. The van der Waals surface area contributed by atoms with Crippen molar-refractivity contribution >= 4 is 40.3 Å². The number of aromatic nitrogens is 3. The number of benzene rings is 1. The molecule has 9 nitrogen and oxygen atoms in total. The predicted octanol–water partition coefficient (Wildman–Crippen LogP) is 2.66. The van der Waals surface area contributed by atoms with E-state index >= 15 is 0 Å². The van der Waals surface area contributed by atoms with Gasteiger partial charge in [0.05, 0.1) is 22.8 Å². The highest BCUT2D eigenvalue weighted by Gasteiger charge is 2.47. The molecule has 2 aliphatic rings. The number of allylic oxidation sites excluding steroid dienone is 1. The number of aromatic amines is 1. The minimum atomic E-state index is -0.308. The van der Waals surface area contributed by atoms with E-state index in [1.807, 2.05) is 31.1 Å². The highest BCUT2D eigenvalue weighted by Crippen LogP contribution is 2.46. The fraction of sp³-hybridized carbons (Fsp3) is 0.360. The van der Waals surface area contributed by atoms with Gasteiger partial charge in [0.25, 0.3) is 5.91 Å². The summed E-state index contributed by atoms with van der Waals surface area (Å²) >= 11 is 6.53. The summed E-state index contributed by atoms with van der Waals surface area (Å²) in [6, 6.07) is 7.09. The Morgan fingerprint density at radius 1 is 1.20 bits per heavy atom. The Labute approximate surface area is 208 Å². The van der Waals surface area contributed by atoms with Gasteiger partial charge in [-0.3, -0.25) is 9.59 Å². The van der Waals surface area contributed by atoms with E-state index < -0.39 is 0 Å². The van der Waals surface area contributed by atoms with Crippen molar-refractivity contribution in [3.63, 3.8) is 0 Å². The van der Waals surface area contributed by atoms with E-state index in [1.165, 1.54) is 0 Å². The Morgan fingerprint density at radius 3 is 2.66 bits per heavy atom. The number of H-pyrrole nitrogens is 1. The van der Waals surface area contributed by atoms with Crippen molar-refractivity contribution in [1.82, 2.24) is 25.2 Å². The maximum atomic E-state index is 12.4. The highest BCUT2D eigenvalue weighted by atomic mass is 35.5. The zero-order valence-corrected chi connectivity index (χ0v) is 20.3. The van der Waals surface area contributed by atoms with Crippen LogP contribution in [0.2, 0.25) is 5.02 Å². The molecule has 1 saturated carbocycles. The van der Waals surface area contributed by atoms with Crippen molar-refractivity contribution in [1.29, 1.82) is 0 Å². The molecule has 5 rings (SSSR count). The number of nitrogens with one attached hydrogen (secondary N) is 3. The third-order valence-corrected chi connectivity index (χ3v) is 7.12. The predicted molar refractivity (Wildman–Crippen MR) is 136 cm³/mol. The van der Waals surface area contributed by atoms with Gasteiger partial charge >= 0.3 is 0 Å². The van der Waals surface area contributed by atoms with Crippen molar-refractivity contribution in [2.75, 3.05) is 32.5 Å². The Kier molecular flexibility index (Phi) is 6.21. The Morgan fingerprint density at radius 2 is 1.94 bits per heavy atom. The van der Waals surface area contributed by atoms with Gasteiger partial charge in [-0.1, -0.05) is 35.9 Å². The number of rotatable bonds is 8. The lowest BCUT2D eigenvalue weighted by Gasteiger charge is -2.28. The number of primary amides is 1. The van der Waals surface area contributed by atoms with E-state index in [0.29, 0.717) is 39.8 Å². The summed E-state index contributed by atoms with van der Waals surface area (Å²) in [7, 11) is 3.92. The van der Waals surface area contributed by atoms with Crippen LogP contribution in [-0.2, 0) is 4.79 Å². The minimum Gasteiger partial charge on any atom is -0.378 e. The quantitative estimate of drug-likeness (QED) is 0.357. The first-order chi connectivity index (χ1) is 16.8. The molecule has 2 aromatic heterocycles. The van der Waals surface area contributed by atoms with Crippen LogP contribution in [0.15, 0.2) is 42.6 Å². The number of carbonyl (C=O) groups is 2. The van der Waals surface area contributed by atoms with Crippen molar-refractivity contribution in [3.05, 3.63) is 53.2 Å². The third kappa shape index (κ3) is 4.49. The molecule has 10 heteroatoms. The smallest absolute Gasteiger partial charge is 0.251 e. The van der Waals surface area contributed by atoms with Gasteiger partial charge in [0, 0.05) is 30.3 Å². The van der Waals surface area contributed by atoms with Gasteiger partial charge in [-0.05, 0) is 44.5 Å². The number of hydrogen-bond donors (Lipinski definition) is 4. The lowest BCUT2D eigenvalue weighted by molar-refractivity contribution is -0.122. The molecule has 0 saturated heterocycles. The Balaban J connectivity index is 1.39. The molecule has 1 aromatic carbocycles. The summed E-state index contributed by atoms with van der Waals surface area (Å²) in [4.78, 5) is 38.8. The number of nitrogens with two attached hydrogens (primary N) is 1. The largest absolute Gasteiger partial charge is 0.378 e. The number of imidazole rings is 1. The van der Waals surface area contributed by atoms with Crippen molar-refractivity contribution in [2.24, 2.45) is 23.5 Å². The molecule has 0 aliphatic heterocycles. The number of nitrogens with zero attached hydrogens (tertiary/aromatic N) is 3. The number of pyridine rings is 1. The second-order valence-corrected chi connectivity index (χ2v) is 9.86. The summed E-state index contributed by atoms with van der Waals surface area (Å²) < 4.78 is 0. The van der Waals surface area contributed by atoms with Crippen LogP contribution >= 0.6 is 11.6 Å². The summed E-state index contributed by atoms with van der Waals surface area (Å²) in [5.41, 5.74) is 8.94. The molecule has 4 atom stereocenters. The number of amides is 2. The molecule has 182 valence electrons. The molecule has 5 N–H and O–H groups in total. The monoisotopic (exact) mass is 493 g/mol. The molecule has 0 radical (unpaired) electrons. The van der Waals surface area contributed by atoms with Crippen LogP contribution in [0, 0.1) is 17.8 Å². The first-order valence-electron chi connectivity index (χ1n) is 11.6. The zero-order valence-electron chi connectivity index (χ0n) is 19.6. The number of likely N-dealkylation sites (N-methyl/N-ethyl adjacent to an activating group) is 1. The van der Waals surface area contributed by atoms with Gasteiger partial charge in [-0.25, -0.2) is 9.97 Å². The molecule has 3 aromatic rings. The molecule has 2 amide bonds. The average molecular weight is 494 g/mol. The van der Waals surface area contributed by atoms with Crippen LogP contribution in [0.3, 0.4) is 0 Å². The van der Waals surface area contributed by atoms with E-state index in [9.17, 15) is 9.59 Å².